The highest BCUT2D eigenvalue weighted by Crippen LogP contribution is 2.19. The van der Waals surface area contributed by atoms with Crippen LogP contribution < -0.4 is 10.2 Å². The number of likely N-dealkylation sites (tertiary alicyclic amines) is 1. The smallest absolute Gasteiger partial charge is 0.273 e. The number of nitrogens with zero attached hydrogens (tertiary/aromatic N) is 3. The van der Waals surface area contributed by atoms with Gasteiger partial charge in [0.15, 0.2) is 5.69 Å². The van der Waals surface area contributed by atoms with Crippen molar-refractivity contribution < 1.29 is 14.1 Å². The summed E-state index contributed by atoms with van der Waals surface area (Å²) in [7, 11) is 0. The van der Waals surface area contributed by atoms with Crippen molar-refractivity contribution in [3.05, 3.63) is 47.5 Å². The van der Waals surface area contributed by atoms with Crippen LogP contribution in [0.15, 0.2) is 30.5 Å². The monoisotopic (exact) mass is 374 g/mol. The van der Waals surface area contributed by atoms with E-state index in [9.17, 15) is 9.18 Å². The Morgan fingerprint density at radius 1 is 1.33 bits per heavy atom. The lowest BCUT2D eigenvalue weighted by Crippen LogP contribution is -3.19. The van der Waals surface area contributed by atoms with Crippen LogP contribution >= 0.6 is 0 Å². The van der Waals surface area contributed by atoms with Crippen LogP contribution in [0, 0.1) is 5.82 Å². The van der Waals surface area contributed by atoms with Gasteiger partial charge >= 0.3 is 0 Å². The third kappa shape index (κ3) is 4.53. The van der Waals surface area contributed by atoms with Gasteiger partial charge in [-0.05, 0) is 46.1 Å². The highest BCUT2D eigenvalue weighted by molar-refractivity contribution is 5.91. The summed E-state index contributed by atoms with van der Waals surface area (Å²) in [6.45, 7) is 7.91. The molecule has 1 fully saturated rings. The van der Waals surface area contributed by atoms with Crippen molar-refractivity contribution in [1.29, 1.82) is 0 Å². The minimum absolute atomic E-state index is 0.237. The summed E-state index contributed by atoms with van der Waals surface area (Å²) in [5.41, 5.74) is 0.777. The number of aromatic nitrogens is 3. The molecule has 0 radical (unpaired) electrons. The molecule has 1 aromatic heterocycles. The van der Waals surface area contributed by atoms with Gasteiger partial charge in [-0.3, -0.25) is 4.79 Å². The van der Waals surface area contributed by atoms with Gasteiger partial charge < -0.3 is 10.2 Å². The first-order valence-corrected chi connectivity index (χ1v) is 9.77. The minimum Gasteiger partial charge on any atom is -0.345 e. The molecule has 27 heavy (non-hydrogen) atoms. The summed E-state index contributed by atoms with van der Waals surface area (Å²) in [6, 6.07) is 7.50. The number of amides is 1. The number of rotatable bonds is 6. The van der Waals surface area contributed by atoms with Crippen LogP contribution in [0.3, 0.4) is 0 Å². The lowest BCUT2D eigenvalue weighted by molar-refractivity contribution is -0.950. The first kappa shape index (κ1) is 19.5. The molecule has 0 saturated carbocycles. The fraction of sp³-hybridized carbons (Fsp3) is 0.550. The molecule has 1 aliphatic heterocycles. The fourth-order valence-electron chi connectivity index (χ4n) is 4.02. The maximum atomic E-state index is 14.0. The van der Waals surface area contributed by atoms with E-state index in [2.05, 4.69) is 29.5 Å². The van der Waals surface area contributed by atoms with Crippen molar-refractivity contribution in [2.45, 2.75) is 58.2 Å². The molecule has 1 aromatic carbocycles. The van der Waals surface area contributed by atoms with E-state index in [1.807, 2.05) is 6.92 Å². The number of quaternary nitrogens is 1. The fourth-order valence-corrected chi connectivity index (χ4v) is 4.02. The van der Waals surface area contributed by atoms with E-state index in [-0.39, 0.29) is 23.5 Å². The number of nitrogens with one attached hydrogen (secondary N) is 2. The summed E-state index contributed by atoms with van der Waals surface area (Å²) in [4.78, 5) is 13.9. The molecule has 3 rings (SSSR count). The maximum absolute atomic E-state index is 14.0. The summed E-state index contributed by atoms with van der Waals surface area (Å²) < 4.78 is 15.5. The molecule has 0 bridgehead atoms. The molecule has 2 aromatic rings. The Morgan fingerprint density at radius 3 is 2.74 bits per heavy atom. The Hall–Kier alpha value is -2.28. The quantitative estimate of drug-likeness (QED) is 0.807. The van der Waals surface area contributed by atoms with Gasteiger partial charge in [-0.1, -0.05) is 23.4 Å². The standard InChI is InChI=1S/C20H28FN5O/c1-14-7-6-8-15(2)25(14)12-11-22-20(27)19-13-26(24-23-19)16(3)17-9-4-5-10-18(17)21/h4-5,9-10,13-16H,6-8,11-12H2,1-3H3,(H,22,27)/p+1/t14-,15-,16+/m1/s1. The number of benzene rings is 1. The SMILES string of the molecule is C[C@@H]1CCC[C@@H](C)[NH+]1CCNC(=O)c1cn([C@@H](C)c2ccccc2F)nn1. The first-order chi connectivity index (χ1) is 13.0. The number of piperidine rings is 1. The van der Waals surface area contributed by atoms with Gasteiger partial charge in [0, 0.05) is 5.56 Å². The van der Waals surface area contributed by atoms with Crippen LogP contribution in [-0.4, -0.2) is 46.1 Å². The summed E-state index contributed by atoms with van der Waals surface area (Å²) in [5, 5.41) is 10.9. The molecule has 2 N–H and O–H groups in total. The lowest BCUT2D eigenvalue weighted by atomic mass is 9.98. The van der Waals surface area contributed by atoms with Crippen LogP contribution in [0.1, 0.15) is 62.1 Å². The molecule has 146 valence electrons. The topological polar surface area (TPSA) is 64.2 Å². The van der Waals surface area contributed by atoms with E-state index in [4.69, 9.17) is 0 Å². The van der Waals surface area contributed by atoms with Gasteiger partial charge in [0.25, 0.3) is 5.91 Å². The van der Waals surface area contributed by atoms with Crippen molar-refractivity contribution in [1.82, 2.24) is 20.3 Å². The Balaban J connectivity index is 1.56. The van der Waals surface area contributed by atoms with Crippen LogP contribution in [0.25, 0.3) is 0 Å². The highest BCUT2D eigenvalue weighted by atomic mass is 19.1. The van der Waals surface area contributed by atoms with Crippen LogP contribution in [0.4, 0.5) is 4.39 Å². The average molecular weight is 374 g/mol. The molecule has 1 amide bonds. The van der Waals surface area contributed by atoms with Crippen LogP contribution in [0.2, 0.25) is 0 Å². The van der Waals surface area contributed by atoms with Gasteiger partial charge in [0.1, 0.15) is 5.82 Å². The van der Waals surface area contributed by atoms with Gasteiger partial charge in [-0.2, -0.15) is 0 Å². The van der Waals surface area contributed by atoms with Gasteiger partial charge in [0.2, 0.25) is 0 Å². The maximum Gasteiger partial charge on any atom is 0.273 e. The first-order valence-electron chi connectivity index (χ1n) is 9.77. The average Bonchev–Trinajstić information content (AvgIpc) is 3.14. The predicted octanol–water partition coefficient (Wildman–Crippen LogP) is 1.60. The Labute approximate surface area is 159 Å². The van der Waals surface area contributed by atoms with E-state index in [1.165, 1.54) is 30.0 Å². The van der Waals surface area contributed by atoms with E-state index in [1.54, 1.807) is 29.3 Å². The number of hydrogen-bond acceptors (Lipinski definition) is 3. The molecule has 1 aliphatic rings. The molecular weight excluding hydrogens is 345 g/mol. The molecule has 2 heterocycles. The third-order valence-corrected chi connectivity index (χ3v) is 5.73. The molecule has 6 nitrogen and oxygen atoms in total. The van der Waals surface area contributed by atoms with E-state index in [0.29, 0.717) is 24.2 Å². The Bertz CT molecular complexity index is 767. The van der Waals surface area contributed by atoms with E-state index in [0.717, 1.165) is 6.54 Å². The lowest BCUT2D eigenvalue weighted by Gasteiger charge is -2.35. The summed E-state index contributed by atoms with van der Waals surface area (Å²) in [6.07, 6.45) is 5.36. The van der Waals surface area contributed by atoms with E-state index >= 15 is 0 Å². The zero-order chi connectivity index (χ0) is 19.4. The molecule has 1 saturated heterocycles. The molecule has 0 unspecified atom stereocenters. The Morgan fingerprint density at radius 2 is 2.04 bits per heavy atom. The highest BCUT2D eigenvalue weighted by Gasteiger charge is 2.28. The molecule has 7 heteroatoms. The summed E-state index contributed by atoms with van der Waals surface area (Å²) in [5.74, 6) is -0.530. The second kappa shape index (κ2) is 8.61. The molecule has 0 aliphatic carbocycles. The number of hydrogen-bond donors (Lipinski definition) is 2. The van der Waals surface area contributed by atoms with Gasteiger partial charge in [-0.15, -0.1) is 5.10 Å². The van der Waals surface area contributed by atoms with Gasteiger partial charge in [0.05, 0.1) is 37.4 Å². The normalized spacial score (nSPS) is 21.8. The van der Waals surface area contributed by atoms with Crippen molar-refractivity contribution >= 4 is 5.91 Å². The number of carbonyl (C=O) groups is 1. The second-order valence-corrected chi connectivity index (χ2v) is 7.60. The number of halogens is 1. The van der Waals surface area contributed by atoms with Crippen molar-refractivity contribution in [2.24, 2.45) is 0 Å². The molecule has 0 spiro atoms. The zero-order valence-electron chi connectivity index (χ0n) is 16.3. The number of carbonyl (C=O) groups excluding carboxylic acids is 1. The largest absolute Gasteiger partial charge is 0.345 e. The van der Waals surface area contributed by atoms with Crippen molar-refractivity contribution in [3.63, 3.8) is 0 Å². The van der Waals surface area contributed by atoms with Gasteiger partial charge in [-0.25, -0.2) is 9.07 Å². The Kier molecular flexibility index (Phi) is 6.21. The van der Waals surface area contributed by atoms with Crippen molar-refractivity contribution in [3.8, 4) is 0 Å². The molecule has 3 atom stereocenters. The third-order valence-electron chi connectivity index (χ3n) is 5.73. The minimum atomic E-state index is -0.334. The van der Waals surface area contributed by atoms with Crippen LogP contribution in [0.5, 0.6) is 0 Å². The zero-order valence-corrected chi connectivity index (χ0v) is 16.3. The predicted molar refractivity (Wildman–Crippen MR) is 101 cm³/mol. The summed E-state index contributed by atoms with van der Waals surface area (Å²) >= 11 is 0. The van der Waals surface area contributed by atoms with Crippen molar-refractivity contribution in [2.75, 3.05) is 13.1 Å². The van der Waals surface area contributed by atoms with E-state index < -0.39 is 0 Å². The van der Waals surface area contributed by atoms with Crippen LogP contribution in [-0.2, 0) is 0 Å². The molecular formula is C20H29FN5O+. The second-order valence-electron chi connectivity index (χ2n) is 7.60.